The summed E-state index contributed by atoms with van der Waals surface area (Å²) in [4.78, 5) is 22.1. The zero-order valence-electron chi connectivity index (χ0n) is 8.67. The van der Waals surface area contributed by atoms with E-state index in [1.54, 1.807) is 6.92 Å². The van der Waals surface area contributed by atoms with E-state index in [1.807, 2.05) is 0 Å². The molecule has 1 fully saturated rings. The molecule has 0 radical (unpaired) electrons. The molecular formula is C8H13NO6S. The van der Waals surface area contributed by atoms with Gasteiger partial charge in [-0.25, -0.2) is 13.2 Å². The van der Waals surface area contributed by atoms with E-state index in [2.05, 4.69) is 10.1 Å². The van der Waals surface area contributed by atoms with Crippen LogP contribution in [-0.4, -0.2) is 55.7 Å². The molecule has 0 bridgehead atoms. The summed E-state index contributed by atoms with van der Waals surface area (Å²) in [5.41, 5.74) is 0. The minimum absolute atomic E-state index is 0.0533. The summed E-state index contributed by atoms with van der Waals surface area (Å²) >= 11 is 0. The van der Waals surface area contributed by atoms with Gasteiger partial charge in [-0.05, 0) is 6.92 Å². The van der Waals surface area contributed by atoms with E-state index in [4.69, 9.17) is 0 Å². The average Bonchev–Trinajstić information content (AvgIpc) is 2.40. The van der Waals surface area contributed by atoms with Crippen LogP contribution in [0.3, 0.4) is 0 Å². The van der Waals surface area contributed by atoms with Gasteiger partial charge in [-0.2, -0.15) is 0 Å². The lowest BCUT2D eigenvalue weighted by atomic mass is 10.2. The number of rotatable bonds is 2. The van der Waals surface area contributed by atoms with Crippen molar-refractivity contribution in [3.05, 3.63) is 0 Å². The molecule has 1 rings (SSSR count). The normalized spacial score (nSPS) is 27.4. The van der Waals surface area contributed by atoms with Gasteiger partial charge in [0.1, 0.15) is 0 Å². The van der Waals surface area contributed by atoms with E-state index in [1.165, 1.54) is 0 Å². The fourth-order valence-electron chi connectivity index (χ4n) is 1.39. The number of nitrogens with one attached hydrogen (secondary N) is 1. The van der Waals surface area contributed by atoms with Crippen LogP contribution in [0.25, 0.3) is 0 Å². The summed E-state index contributed by atoms with van der Waals surface area (Å²) in [6.45, 7) is 1.60. The number of ether oxygens (including phenoxy) is 1. The molecule has 0 saturated carbocycles. The summed E-state index contributed by atoms with van der Waals surface area (Å²) in [5.74, 6) is -2.89. The van der Waals surface area contributed by atoms with E-state index in [9.17, 15) is 23.1 Å². The van der Waals surface area contributed by atoms with Gasteiger partial charge >= 0.3 is 11.9 Å². The molecule has 0 aromatic rings. The van der Waals surface area contributed by atoms with Crippen LogP contribution in [0.1, 0.15) is 6.92 Å². The molecule has 2 atom stereocenters. The molecule has 0 aromatic carbocycles. The first-order valence-electron chi connectivity index (χ1n) is 4.72. The fraction of sp³-hybridized carbons (Fsp3) is 0.750. The lowest BCUT2D eigenvalue weighted by Gasteiger charge is -2.13. The second-order valence-electron chi connectivity index (χ2n) is 3.44. The minimum atomic E-state index is -3.35. The van der Waals surface area contributed by atoms with Crippen LogP contribution in [0.15, 0.2) is 0 Å². The number of hydrogen-bond acceptors (Lipinski definition) is 6. The topological polar surface area (TPSA) is 110 Å². The number of carbonyl (C=O) groups is 2. The van der Waals surface area contributed by atoms with E-state index < -0.39 is 39.6 Å². The number of amides is 1. The van der Waals surface area contributed by atoms with Crippen LogP contribution in [0.2, 0.25) is 0 Å². The zero-order valence-corrected chi connectivity index (χ0v) is 9.49. The summed E-state index contributed by atoms with van der Waals surface area (Å²) in [7, 11) is -3.35. The van der Waals surface area contributed by atoms with Crippen LogP contribution in [0, 0.1) is 0 Å². The number of esters is 1. The maximum absolute atomic E-state index is 11.2. The fourth-order valence-corrected chi connectivity index (χ4v) is 3.13. The third-order valence-corrected chi connectivity index (χ3v) is 3.82. The van der Waals surface area contributed by atoms with Gasteiger partial charge in [0, 0.05) is 0 Å². The van der Waals surface area contributed by atoms with E-state index >= 15 is 0 Å². The third-order valence-electron chi connectivity index (χ3n) is 2.10. The monoisotopic (exact) mass is 251 g/mol. The highest BCUT2D eigenvalue weighted by Gasteiger charge is 2.38. The highest BCUT2D eigenvalue weighted by Crippen LogP contribution is 2.12. The summed E-state index contributed by atoms with van der Waals surface area (Å²) in [5, 5.41) is 11.5. The molecule has 7 nitrogen and oxygen atoms in total. The first-order chi connectivity index (χ1) is 7.35. The van der Waals surface area contributed by atoms with Crippen LogP contribution < -0.4 is 5.32 Å². The number of aliphatic hydroxyl groups excluding tert-OH is 1. The van der Waals surface area contributed by atoms with Crippen molar-refractivity contribution in [1.29, 1.82) is 0 Å². The largest absolute Gasteiger partial charge is 0.459 e. The first-order valence-corrected chi connectivity index (χ1v) is 6.54. The highest BCUT2D eigenvalue weighted by molar-refractivity contribution is 7.91. The molecule has 1 aliphatic rings. The van der Waals surface area contributed by atoms with Crippen LogP contribution in [0.5, 0.6) is 0 Å². The highest BCUT2D eigenvalue weighted by atomic mass is 32.2. The first kappa shape index (κ1) is 12.9. The van der Waals surface area contributed by atoms with Gasteiger partial charge in [-0.1, -0.05) is 0 Å². The van der Waals surface area contributed by atoms with Gasteiger partial charge < -0.3 is 15.2 Å². The Morgan fingerprint density at radius 3 is 2.50 bits per heavy atom. The van der Waals surface area contributed by atoms with Gasteiger partial charge in [0.15, 0.2) is 9.84 Å². The quantitative estimate of drug-likeness (QED) is 0.426. The number of hydrogen-bond donors (Lipinski definition) is 2. The molecule has 1 heterocycles. The Balaban J connectivity index is 2.56. The zero-order chi connectivity index (χ0) is 12.3. The second-order valence-corrected chi connectivity index (χ2v) is 5.60. The number of carbonyl (C=O) groups excluding carboxylic acids is 2. The molecule has 1 saturated heterocycles. The predicted molar refractivity (Wildman–Crippen MR) is 53.2 cm³/mol. The van der Waals surface area contributed by atoms with Crippen molar-refractivity contribution in [1.82, 2.24) is 5.32 Å². The van der Waals surface area contributed by atoms with E-state index in [-0.39, 0.29) is 12.4 Å². The molecule has 0 aliphatic carbocycles. The molecule has 0 aromatic heterocycles. The summed E-state index contributed by atoms with van der Waals surface area (Å²) in [6.07, 6.45) is -1.18. The van der Waals surface area contributed by atoms with Crippen molar-refractivity contribution in [2.24, 2.45) is 0 Å². The maximum atomic E-state index is 11.2. The molecular weight excluding hydrogens is 238 g/mol. The van der Waals surface area contributed by atoms with Crippen LogP contribution in [0.4, 0.5) is 0 Å². The van der Waals surface area contributed by atoms with E-state index in [0.29, 0.717) is 0 Å². The molecule has 0 spiro atoms. The van der Waals surface area contributed by atoms with Crippen molar-refractivity contribution in [3.63, 3.8) is 0 Å². The standard InChI is InChI=1S/C8H13NO6S/c1-2-15-8(12)7(11)9-5-3-16(13,14)4-6(5)10/h5-6,10H,2-4H2,1H3,(H,9,11). The number of sulfone groups is 1. The predicted octanol–water partition coefficient (Wildman–Crippen LogP) is -2.18. The summed E-state index contributed by atoms with van der Waals surface area (Å²) in [6, 6.07) is -0.943. The Labute approximate surface area is 92.7 Å². The lowest BCUT2D eigenvalue weighted by molar-refractivity contribution is -0.155. The van der Waals surface area contributed by atoms with Gasteiger partial charge in [0.05, 0.1) is 30.3 Å². The van der Waals surface area contributed by atoms with Gasteiger partial charge in [-0.15, -0.1) is 0 Å². The number of aliphatic hydroxyl groups is 1. The van der Waals surface area contributed by atoms with Crippen molar-refractivity contribution in [2.75, 3.05) is 18.1 Å². The summed E-state index contributed by atoms with van der Waals surface area (Å²) < 4.78 is 26.6. The third kappa shape index (κ3) is 3.17. The molecule has 2 N–H and O–H groups in total. The SMILES string of the molecule is CCOC(=O)C(=O)NC1CS(=O)(=O)CC1O. The molecule has 2 unspecified atom stereocenters. The van der Waals surface area contributed by atoms with Crippen molar-refractivity contribution in [2.45, 2.75) is 19.1 Å². The molecule has 1 amide bonds. The van der Waals surface area contributed by atoms with Crippen molar-refractivity contribution in [3.8, 4) is 0 Å². The molecule has 8 heteroatoms. The van der Waals surface area contributed by atoms with Crippen LogP contribution in [-0.2, 0) is 24.2 Å². The molecule has 16 heavy (non-hydrogen) atoms. The smallest absolute Gasteiger partial charge is 0.396 e. The second kappa shape index (κ2) is 4.79. The van der Waals surface area contributed by atoms with Crippen molar-refractivity contribution >= 4 is 21.7 Å². The molecule has 92 valence electrons. The Morgan fingerprint density at radius 2 is 2.06 bits per heavy atom. The minimum Gasteiger partial charge on any atom is -0.459 e. The van der Waals surface area contributed by atoms with Crippen LogP contribution >= 0.6 is 0 Å². The van der Waals surface area contributed by atoms with Crippen molar-refractivity contribution < 1.29 is 27.9 Å². The maximum Gasteiger partial charge on any atom is 0.396 e. The molecule has 1 aliphatic heterocycles. The Hall–Kier alpha value is -1.15. The Bertz CT molecular complexity index is 389. The van der Waals surface area contributed by atoms with Gasteiger partial charge in [-0.3, -0.25) is 4.79 Å². The van der Waals surface area contributed by atoms with E-state index in [0.717, 1.165) is 0 Å². The van der Waals surface area contributed by atoms with Gasteiger partial charge in [0.25, 0.3) is 0 Å². The average molecular weight is 251 g/mol. The lowest BCUT2D eigenvalue weighted by Crippen LogP contribution is -2.46. The Morgan fingerprint density at radius 1 is 1.44 bits per heavy atom. The Kier molecular flexibility index (Phi) is 3.87. The van der Waals surface area contributed by atoms with Gasteiger partial charge in [0.2, 0.25) is 0 Å².